The van der Waals surface area contributed by atoms with Crippen molar-refractivity contribution < 1.29 is 9.53 Å². The standard InChI is InChI=1S/C8H16NO2.Ga/c1-4-9(2)7-8(10)5-6-11-3;/h6H,4-5,7H2,1-3H3;. The molecule has 68 valence electrons. The van der Waals surface area contributed by atoms with Crippen molar-refractivity contribution in [1.29, 1.82) is 0 Å². The van der Waals surface area contributed by atoms with Gasteiger partial charge in [-0.2, -0.15) is 0 Å². The number of likely N-dealkylation sites (N-methyl/N-ethyl adjacent to an activating group) is 1. The quantitative estimate of drug-likeness (QED) is 0.601. The predicted octanol–water partition coefficient (Wildman–Crippen LogP) is 0.0383. The molecule has 1 atom stereocenters. The number of carbonyl (C=O) groups excluding carboxylic acids is 1. The summed E-state index contributed by atoms with van der Waals surface area (Å²) in [5.74, 6) is 0.260. The molecule has 0 aromatic carbocycles. The van der Waals surface area contributed by atoms with Crippen LogP contribution in [0.2, 0.25) is 0 Å². The first-order valence-electron chi connectivity index (χ1n) is 4.08. The fourth-order valence-electron chi connectivity index (χ4n) is 0.785. The van der Waals surface area contributed by atoms with Crippen LogP contribution in [0.4, 0.5) is 0 Å². The molecule has 0 saturated carbocycles. The first kappa shape index (κ1) is 12.2. The van der Waals surface area contributed by atoms with Crippen molar-refractivity contribution in [1.82, 2.24) is 4.90 Å². The van der Waals surface area contributed by atoms with Gasteiger partial charge in [-0.25, -0.2) is 0 Å². The topological polar surface area (TPSA) is 29.5 Å². The summed E-state index contributed by atoms with van der Waals surface area (Å²) in [6.45, 7) is 3.50. The molecule has 0 unspecified atom stereocenters. The van der Waals surface area contributed by atoms with Gasteiger partial charge < -0.3 is 0 Å². The molecule has 0 rings (SSSR count). The molecule has 3 nitrogen and oxygen atoms in total. The monoisotopic (exact) mass is 227 g/mol. The van der Waals surface area contributed by atoms with Crippen LogP contribution in [0.5, 0.6) is 0 Å². The van der Waals surface area contributed by atoms with Crippen molar-refractivity contribution >= 4 is 24.4 Å². The van der Waals surface area contributed by atoms with Crippen molar-refractivity contribution in [2.75, 3.05) is 27.2 Å². The zero-order chi connectivity index (χ0) is 9.56. The molecule has 0 aromatic heterocycles. The Morgan fingerprint density at radius 1 is 1.67 bits per heavy atom. The Labute approximate surface area is 84.4 Å². The first-order valence-corrected chi connectivity index (χ1v) is 5.48. The summed E-state index contributed by atoms with van der Waals surface area (Å²) in [6.07, 6.45) is 0.542. The number of nitrogens with zero attached hydrogens (tertiary/aromatic N) is 1. The molecule has 0 aliphatic rings. The molecule has 0 saturated heterocycles. The number of ketones is 1. The fourth-order valence-corrected chi connectivity index (χ4v) is 1.34. The van der Waals surface area contributed by atoms with Crippen molar-refractivity contribution in [2.45, 2.75) is 18.0 Å². The van der Waals surface area contributed by atoms with Gasteiger partial charge >= 0.3 is 84.1 Å². The van der Waals surface area contributed by atoms with Crippen LogP contribution in [0.15, 0.2) is 0 Å². The normalized spacial score (nSPS) is 13.3. The fraction of sp³-hybridized carbons (Fsp3) is 0.875. The Morgan fingerprint density at radius 2 is 2.25 bits per heavy atom. The summed E-state index contributed by atoms with van der Waals surface area (Å²) in [4.78, 5) is 13.3. The molecule has 0 heterocycles. The van der Waals surface area contributed by atoms with Gasteiger partial charge in [0.15, 0.2) is 0 Å². The second-order valence-corrected chi connectivity index (χ2v) is 4.41. The maximum atomic E-state index is 11.3. The average molecular weight is 228 g/mol. The Hall–Kier alpha value is 0.226. The zero-order valence-electron chi connectivity index (χ0n) is 8.04. The Kier molecular flexibility index (Phi) is 6.84. The molecule has 0 spiro atoms. The molecule has 0 aliphatic carbocycles. The van der Waals surface area contributed by atoms with E-state index in [2.05, 4.69) is 0 Å². The third-order valence-electron chi connectivity index (χ3n) is 1.72. The van der Waals surface area contributed by atoms with Gasteiger partial charge in [0, 0.05) is 0 Å². The SMILES string of the molecule is CCN(C)CC(=O)C[C@H]([Ga])OC. The Bertz CT molecular complexity index is 127. The number of Topliss-reactive ketones (excluding diaryl/α,β-unsaturated/α-hetero) is 1. The molecule has 0 N–H and O–H groups in total. The molecule has 12 heavy (non-hydrogen) atoms. The van der Waals surface area contributed by atoms with E-state index in [9.17, 15) is 4.79 Å². The van der Waals surface area contributed by atoms with Crippen LogP contribution in [0, 0.1) is 0 Å². The van der Waals surface area contributed by atoms with E-state index in [1.54, 1.807) is 7.11 Å². The van der Waals surface area contributed by atoms with Crippen LogP contribution in [0.25, 0.3) is 0 Å². The van der Waals surface area contributed by atoms with Gasteiger partial charge in [0.1, 0.15) is 0 Å². The van der Waals surface area contributed by atoms with E-state index in [1.807, 2.05) is 18.9 Å². The molecular formula is C8H16GaNO2. The molecule has 0 aliphatic heterocycles. The number of methoxy groups -OCH3 is 1. The van der Waals surface area contributed by atoms with E-state index in [4.69, 9.17) is 4.74 Å². The third-order valence-corrected chi connectivity index (χ3v) is 2.78. The third kappa shape index (κ3) is 5.82. The molecular weight excluding hydrogens is 212 g/mol. The maximum absolute atomic E-state index is 11.3. The summed E-state index contributed by atoms with van der Waals surface area (Å²) in [6, 6.07) is 0. The second-order valence-electron chi connectivity index (χ2n) is 2.85. The van der Waals surface area contributed by atoms with Crippen LogP contribution < -0.4 is 0 Å². The number of ether oxygens (including phenoxy) is 1. The van der Waals surface area contributed by atoms with Gasteiger partial charge in [-0.1, -0.05) is 0 Å². The molecule has 0 bridgehead atoms. The minimum atomic E-state index is 0.107. The van der Waals surface area contributed by atoms with E-state index in [1.165, 1.54) is 18.6 Å². The van der Waals surface area contributed by atoms with Gasteiger partial charge in [-0.3, -0.25) is 0 Å². The summed E-state index contributed by atoms with van der Waals surface area (Å²) >= 11 is 1.47. The number of hydrogen-bond donors (Lipinski definition) is 0. The summed E-state index contributed by atoms with van der Waals surface area (Å²) in [5.41, 5.74) is 0. The number of rotatable bonds is 6. The summed E-state index contributed by atoms with van der Waals surface area (Å²) in [5, 5.41) is 0. The molecule has 4 heteroatoms. The minimum absolute atomic E-state index is 0.107. The van der Waals surface area contributed by atoms with Crippen LogP contribution in [-0.4, -0.2) is 61.2 Å². The van der Waals surface area contributed by atoms with E-state index in [0.717, 1.165) is 6.54 Å². The zero-order valence-corrected chi connectivity index (χ0v) is 10.5. The number of carbonyl (C=O) groups is 1. The van der Waals surface area contributed by atoms with Gasteiger partial charge in [0.2, 0.25) is 0 Å². The van der Waals surface area contributed by atoms with Crippen molar-refractivity contribution in [3.63, 3.8) is 0 Å². The van der Waals surface area contributed by atoms with Crippen molar-refractivity contribution in [3.05, 3.63) is 0 Å². The second kappa shape index (κ2) is 6.71. The molecule has 0 aromatic rings. The van der Waals surface area contributed by atoms with Gasteiger partial charge in [-0.15, -0.1) is 0 Å². The van der Waals surface area contributed by atoms with Crippen LogP contribution in [-0.2, 0) is 9.53 Å². The van der Waals surface area contributed by atoms with Crippen LogP contribution >= 0.6 is 0 Å². The van der Waals surface area contributed by atoms with E-state index in [0.29, 0.717) is 13.0 Å². The average Bonchev–Trinajstić information content (AvgIpc) is 2.03. The van der Waals surface area contributed by atoms with E-state index < -0.39 is 0 Å². The Morgan fingerprint density at radius 3 is 2.67 bits per heavy atom. The van der Waals surface area contributed by atoms with Gasteiger partial charge in [0.05, 0.1) is 0 Å². The first-order chi connectivity index (χ1) is 5.60. The number of hydrogen-bond acceptors (Lipinski definition) is 3. The van der Waals surface area contributed by atoms with Gasteiger partial charge in [0.25, 0.3) is 0 Å². The van der Waals surface area contributed by atoms with Crippen LogP contribution in [0.1, 0.15) is 13.3 Å². The van der Waals surface area contributed by atoms with Crippen molar-refractivity contribution in [3.8, 4) is 0 Å². The van der Waals surface area contributed by atoms with E-state index in [-0.39, 0.29) is 10.4 Å². The van der Waals surface area contributed by atoms with Crippen molar-refractivity contribution in [2.24, 2.45) is 0 Å². The Balaban J connectivity index is 3.59. The van der Waals surface area contributed by atoms with Crippen LogP contribution in [0.3, 0.4) is 0 Å². The molecule has 0 amide bonds. The summed E-state index contributed by atoms with van der Waals surface area (Å²) < 4.78 is 5.13. The summed E-state index contributed by atoms with van der Waals surface area (Å²) in [7, 11) is 3.59. The predicted molar refractivity (Wildman–Crippen MR) is 49.3 cm³/mol. The van der Waals surface area contributed by atoms with E-state index >= 15 is 0 Å². The molecule has 2 radical (unpaired) electrons. The van der Waals surface area contributed by atoms with Gasteiger partial charge in [-0.05, 0) is 0 Å². The molecule has 0 fully saturated rings.